The summed E-state index contributed by atoms with van der Waals surface area (Å²) in [5, 5.41) is 3.78. The molecule has 0 spiro atoms. The molecule has 0 bridgehead atoms. The van der Waals surface area contributed by atoms with E-state index in [0.717, 1.165) is 40.5 Å². The van der Waals surface area contributed by atoms with E-state index in [1.54, 1.807) is 6.26 Å². The molecule has 3 rings (SSSR count). The molecule has 0 saturated heterocycles. The fourth-order valence-corrected chi connectivity index (χ4v) is 2.89. The van der Waals surface area contributed by atoms with Gasteiger partial charge in [-0.05, 0) is 50.7 Å². The summed E-state index contributed by atoms with van der Waals surface area (Å²) in [5.74, 6) is -0.0925. The van der Waals surface area contributed by atoms with Gasteiger partial charge in [-0.1, -0.05) is 12.1 Å². The third kappa shape index (κ3) is 3.61. The monoisotopic (exact) mass is 329 g/mol. The lowest BCUT2D eigenvalue weighted by molar-refractivity contribution is -0.148. The fourth-order valence-electron chi connectivity index (χ4n) is 2.89. The number of esters is 1. The van der Waals surface area contributed by atoms with Crippen molar-refractivity contribution in [1.82, 2.24) is 5.32 Å². The van der Waals surface area contributed by atoms with Gasteiger partial charge in [-0.3, -0.25) is 9.59 Å². The Labute approximate surface area is 141 Å². The molecule has 0 unspecified atom stereocenters. The maximum atomic E-state index is 12.0. The van der Waals surface area contributed by atoms with E-state index in [1.807, 2.05) is 32.9 Å². The summed E-state index contributed by atoms with van der Waals surface area (Å²) in [7, 11) is 0. The van der Waals surface area contributed by atoms with E-state index in [-0.39, 0.29) is 25.0 Å². The van der Waals surface area contributed by atoms with Crippen molar-refractivity contribution in [2.75, 3.05) is 6.61 Å². The van der Waals surface area contributed by atoms with Crippen molar-refractivity contribution >= 4 is 22.8 Å². The van der Waals surface area contributed by atoms with Gasteiger partial charge < -0.3 is 14.5 Å². The van der Waals surface area contributed by atoms with Crippen LogP contribution in [0.3, 0.4) is 0 Å². The molecule has 1 amide bonds. The average molecular weight is 329 g/mol. The van der Waals surface area contributed by atoms with Crippen molar-refractivity contribution < 1.29 is 18.7 Å². The van der Waals surface area contributed by atoms with Gasteiger partial charge in [0.15, 0.2) is 6.61 Å². The van der Waals surface area contributed by atoms with Gasteiger partial charge in [-0.15, -0.1) is 0 Å². The second-order valence-electron chi connectivity index (χ2n) is 6.68. The summed E-state index contributed by atoms with van der Waals surface area (Å²) in [6.45, 7) is 5.77. The standard InChI is InChI=1S/C19H23NO4/c1-11-4-7-16-15(9-24-19(16)12(11)2)8-18(22)23-10-17(21)20-13(3)14-5-6-14/h4,7,9,13-14H,5-6,8,10H2,1-3H3,(H,20,21)/t13-/m1/s1. The third-order valence-corrected chi connectivity index (χ3v) is 4.76. The number of hydrogen-bond donors (Lipinski definition) is 1. The Morgan fingerprint density at radius 2 is 2.08 bits per heavy atom. The zero-order valence-electron chi connectivity index (χ0n) is 14.3. The molecule has 0 radical (unpaired) electrons. The summed E-state index contributed by atoms with van der Waals surface area (Å²) >= 11 is 0. The fraction of sp³-hybridized carbons (Fsp3) is 0.474. The molecule has 5 heteroatoms. The SMILES string of the molecule is Cc1ccc2c(CC(=O)OCC(=O)N[C@H](C)C3CC3)coc2c1C. The molecule has 1 aromatic carbocycles. The van der Waals surface area contributed by atoms with Crippen LogP contribution >= 0.6 is 0 Å². The molecule has 1 aromatic heterocycles. The lowest BCUT2D eigenvalue weighted by atomic mass is 10.0. The number of carbonyl (C=O) groups is 2. The Kier molecular flexibility index (Phi) is 4.60. The van der Waals surface area contributed by atoms with Crippen molar-refractivity contribution in [2.45, 2.75) is 46.1 Å². The molecule has 2 aromatic rings. The molecule has 24 heavy (non-hydrogen) atoms. The van der Waals surface area contributed by atoms with Crippen LogP contribution in [0.15, 0.2) is 22.8 Å². The number of benzene rings is 1. The predicted octanol–water partition coefficient (Wildman–Crippen LogP) is 3.05. The molecular formula is C19H23NO4. The molecule has 1 aliphatic carbocycles. The highest BCUT2D eigenvalue weighted by Gasteiger charge is 2.29. The second-order valence-corrected chi connectivity index (χ2v) is 6.68. The number of fused-ring (bicyclic) bond motifs is 1. The van der Waals surface area contributed by atoms with Crippen LogP contribution in [0.4, 0.5) is 0 Å². The second kappa shape index (κ2) is 6.67. The van der Waals surface area contributed by atoms with Crippen LogP contribution in [0, 0.1) is 19.8 Å². The van der Waals surface area contributed by atoms with Gasteiger partial charge in [0, 0.05) is 17.0 Å². The molecule has 128 valence electrons. The number of carbonyl (C=O) groups excluding carboxylic acids is 2. The molecule has 1 fully saturated rings. The van der Waals surface area contributed by atoms with Crippen LogP contribution < -0.4 is 5.32 Å². The Morgan fingerprint density at radius 1 is 1.33 bits per heavy atom. The first kappa shape index (κ1) is 16.6. The van der Waals surface area contributed by atoms with Crippen LogP contribution in [0.25, 0.3) is 11.0 Å². The van der Waals surface area contributed by atoms with Gasteiger partial charge in [0.2, 0.25) is 0 Å². The van der Waals surface area contributed by atoms with E-state index in [0.29, 0.717) is 5.92 Å². The van der Waals surface area contributed by atoms with E-state index in [9.17, 15) is 9.59 Å². The van der Waals surface area contributed by atoms with Crippen molar-refractivity contribution in [3.63, 3.8) is 0 Å². The number of hydrogen-bond acceptors (Lipinski definition) is 4. The van der Waals surface area contributed by atoms with Crippen molar-refractivity contribution in [2.24, 2.45) is 5.92 Å². The van der Waals surface area contributed by atoms with Gasteiger partial charge in [-0.25, -0.2) is 0 Å². The summed E-state index contributed by atoms with van der Waals surface area (Å²) in [6, 6.07) is 4.11. The number of aryl methyl sites for hydroxylation is 2. The molecule has 1 atom stereocenters. The zero-order valence-corrected chi connectivity index (χ0v) is 14.3. The zero-order chi connectivity index (χ0) is 17.3. The number of amides is 1. The summed E-state index contributed by atoms with van der Waals surface area (Å²) in [5.41, 5.74) is 3.80. The third-order valence-electron chi connectivity index (χ3n) is 4.76. The van der Waals surface area contributed by atoms with Crippen molar-refractivity contribution in [3.05, 3.63) is 35.1 Å². The Hall–Kier alpha value is -2.30. The minimum atomic E-state index is -0.426. The normalized spacial score (nSPS) is 15.3. The van der Waals surface area contributed by atoms with Gasteiger partial charge in [0.25, 0.3) is 5.91 Å². The van der Waals surface area contributed by atoms with Crippen LogP contribution in [0.5, 0.6) is 0 Å². The van der Waals surface area contributed by atoms with Crippen LogP contribution in [0.2, 0.25) is 0 Å². The van der Waals surface area contributed by atoms with Gasteiger partial charge in [-0.2, -0.15) is 0 Å². The van der Waals surface area contributed by atoms with Crippen molar-refractivity contribution in [3.8, 4) is 0 Å². The van der Waals surface area contributed by atoms with E-state index < -0.39 is 5.97 Å². The Balaban J connectivity index is 1.55. The molecule has 0 aliphatic heterocycles. The van der Waals surface area contributed by atoms with Crippen LogP contribution in [-0.2, 0) is 20.7 Å². The Morgan fingerprint density at radius 3 is 2.79 bits per heavy atom. The van der Waals surface area contributed by atoms with Crippen LogP contribution in [-0.4, -0.2) is 24.5 Å². The smallest absolute Gasteiger partial charge is 0.310 e. The highest BCUT2D eigenvalue weighted by Crippen LogP contribution is 2.32. The first-order valence-corrected chi connectivity index (χ1v) is 8.37. The molecule has 1 saturated carbocycles. The van der Waals surface area contributed by atoms with Gasteiger partial charge in [0.05, 0.1) is 12.7 Å². The van der Waals surface area contributed by atoms with Gasteiger partial charge >= 0.3 is 5.97 Å². The highest BCUT2D eigenvalue weighted by atomic mass is 16.5. The van der Waals surface area contributed by atoms with E-state index in [4.69, 9.17) is 9.15 Å². The first-order valence-electron chi connectivity index (χ1n) is 8.37. The summed E-state index contributed by atoms with van der Waals surface area (Å²) in [4.78, 5) is 23.8. The van der Waals surface area contributed by atoms with Crippen molar-refractivity contribution in [1.29, 1.82) is 0 Å². The van der Waals surface area contributed by atoms with E-state index in [1.165, 1.54) is 0 Å². The minimum absolute atomic E-state index is 0.0982. The predicted molar refractivity (Wildman–Crippen MR) is 90.7 cm³/mol. The summed E-state index contributed by atoms with van der Waals surface area (Å²) < 4.78 is 10.7. The van der Waals surface area contributed by atoms with E-state index >= 15 is 0 Å². The molecule has 5 nitrogen and oxygen atoms in total. The number of rotatable bonds is 6. The van der Waals surface area contributed by atoms with Gasteiger partial charge in [0.1, 0.15) is 5.58 Å². The number of furan rings is 1. The lowest BCUT2D eigenvalue weighted by Gasteiger charge is -2.12. The highest BCUT2D eigenvalue weighted by molar-refractivity contribution is 5.89. The molecule has 1 aliphatic rings. The maximum Gasteiger partial charge on any atom is 0.310 e. The average Bonchev–Trinajstić information content (AvgIpc) is 3.32. The number of ether oxygens (including phenoxy) is 1. The molecule has 1 heterocycles. The summed E-state index contributed by atoms with van der Waals surface area (Å²) in [6.07, 6.45) is 4.01. The quantitative estimate of drug-likeness (QED) is 0.827. The first-order chi connectivity index (χ1) is 11.5. The van der Waals surface area contributed by atoms with E-state index in [2.05, 4.69) is 5.32 Å². The minimum Gasteiger partial charge on any atom is -0.464 e. The molecular weight excluding hydrogens is 306 g/mol. The number of nitrogens with one attached hydrogen (secondary N) is 1. The maximum absolute atomic E-state index is 12.0. The topological polar surface area (TPSA) is 68.5 Å². The largest absolute Gasteiger partial charge is 0.464 e. The van der Waals surface area contributed by atoms with Crippen LogP contribution in [0.1, 0.15) is 36.5 Å². The Bertz CT molecular complexity index is 773. The lowest BCUT2D eigenvalue weighted by Crippen LogP contribution is -2.37. The molecule has 1 N–H and O–H groups in total.